The van der Waals surface area contributed by atoms with Gasteiger partial charge in [0.25, 0.3) is 0 Å². The Bertz CT molecular complexity index is 522. The summed E-state index contributed by atoms with van der Waals surface area (Å²) in [6.07, 6.45) is 0.898. The second-order valence-corrected chi connectivity index (χ2v) is 5.12. The predicted molar refractivity (Wildman–Crippen MR) is 75.4 cm³/mol. The topological polar surface area (TPSA) is 38.1 Å². The molecule has 2 rings (SSSR count). The minimum Gasteiger partial charge on any atom is -0.386 e. The number of nitrogens with zero attached hydrogens (tertiary/aromatic N) is 2. The van der Waals surface area contributed by atoms with Gasteiger partial charge < -0.3 is 5.11 Å². The highest BCUT2D eigenvalue weighted by Crippen LogP contribution is 2.28. The lowest BCUT2D eigenvalue weighted by atomic mass is 10.1. The van der Waals surface area contributed by atoms with Crippen LogP contribution in [0.5, 0.6) is 0 Å². The van der Waals surface area contributed by atoms with E-state index in [4.69, 9.17) is 0 Å². The van der Waals surface area contributed by atoms with Gasteiger partial charge in [0.15, 0.2) is 0 Å². The third-order valence-corrected chi connectivity index (χ3v) is 3.91. The molecule has 0 aliphatic heterocycles. The average Bonchev–Trinajstić information content (AvgIpc) is 2.65. The van der Waals surface area contributed by atoms with Crippen molar-refractivity contribution in [3.05, 3.63) is 51.8 Å². The molecule has 0 aliphatic carbocycles. The SMILES string of the molecule is CCc1c(Br)c([C@H](O)Cc2ccccc2)nn1C. The number of halogens is 1. The molecule has 1 atom stereocenters. The van der Waals surface area contributed by atoms with E-state index >= 15 is 0 Å². The van der Waals surface area contributed by atoms with E-state index in [1.54, 1.807) is 0 Å². The van der Waals surface area contributed by atoms with E-state index in [2.05, 4.69) is 28.0 Å². The van der Waals surface area contributed by atoms with Crippen molar-refractivity contribution in [1.82, 2.24) is 9.78 Å². The van der Waals surface area contributed by atoms with Crippen LogP contribution in [0.3, 0.4) is 0 Å². The molecule has 0 spiro atoms. The van der Waals surface area contributed by atoms with Crippen LogP contribution in [0, 0.1) is 0 Å². The minimum absolute atomic E-state index is 0.576. The van der Waals surface area contributed by atoms with Gasteiger partial charge in [-0.25, -0.2) is 0 Å². The van der Waals surface area contributed by atoms with Gasteiger partial charge >= 0.3 is 0 Å². The van der Waals surface area contributed by atoms with E-state index in [9.17, 15) is 5.11 Å². The smallest absolute Gasteiger partial charge is 0.106 e. The van der Waals surface area contributed by atoms with Crippen molar-refractivity contribution in [3.63, 3.8) is 0 Å². The molecule has 0 aliphatic rings. The van der Waals surface area contributed by atoms with Crippen molar-refractivity contribution in [2.45, 2.75) is 25.9 Å². The van der Waals surface area contributed by atoms with Gasteiger partial charge in [0.2, 0.25) is 0 Å². The highest BCUT2D eigenvalue weighted by Gasteiger charge is 2.19. The third kappa shape index (κ3) is 2.65. The maximum absolute atomic E-state index is 10.3. The molecule has 0 unspecified atom stereocenters. The van der Waals surface area contributed by atoms with Crippen molar-refractivity contribution >= 4 is 15.9 Å². The maximum Gasteiger partial charge on any atom is 0.106 e. The monoisotopic (exact) mass is 308 g/mol. The largest absolute Gasteiger partial charge is 0.386 e. The summed E-state index contributed by atoms with van der Waals surface area (Å²) in [6.45, 7) is 2.08. The first-order valence-electron chi connectivity index (χ1n) is 6.06. The van der Waals surface area contributed by atoms with E-state index < -0.39 is 6.10 Å². The van der Waals surface area contributed by atoms with Crippen LogP contribution in [0.1, 0.15) is 30.0 Å². The van der Waals surface area contributed by atoms with Gasteiger partial charge in [0.05, 0.1) is 10.2 Å². The lowest BCUT2D eigenvalue weighted by Crippen LogP contribution is -2.04. The summed E-state index contributed by atoms with van der Waals surface area (Å²) in [5, 5.41) is 14.7. The highest BCUT2D eigenvalue weighted by atomic mass is 79.9. The van der Waals surface area contributed by atoms with Crippen molar-refractivity contribution in [1.29, 1.82) is 0 Å². The van der Waals surface area contributed by atoms with E-state index in [1.165, 1.54) is 0 Å². The summed E-state index contributed by atoms with van der Waals surface area (Å²) in [5.41, 5.74) is 2.94. The highest BCUT2D eigenvalue weighted by molar-refractivity contribution is 9.10. The Hall–Kier alpha value is -1.13. The van der Waals surface area contributed by atoms with Crippen molar-refractivity contribution in [2.75, 3.05) is 0 Å². The molecular weight excluding hydrogens is 292 g/mol. The molecule has 1 heterocycles. The Labute approximate surface area is 116 Å². The number of aliphatic hydroxyl groups excluding tert-OH is 1. The number of benzene rings is 1. The van der Waals surface area contributed by atoms with Crippen LogP contribution in [0.2, 0.25) is 0 Å². The molecule has 1 N–H and O–H groups in total. The molecular formula is C14H17BrN2O. The van der Waals surface area contributed by atoms with Crippen LogP contribution < -0.4 is 0 Å². The number of hydrogen-bond donors (Lipinski definition) is 1. The lowest BCUT2D eigenvalue weighted by Gasteiger charge is -2.08. The summed E-state index contributed by atoms with van der Waals surface area (Å²) >= 11 is 3.53. The average molecular weight is 309 g/mol. The molecule has 4 heteroatoms. The molecule has 0 bridgehead atoms. The number of hydrogen-bond acceptors (Lipinski definition) is 2. The molecule has 1 aromatic carbocycles. The zero-order chi connectivity index (χ0) is 13.1. The Balaban J connectivity index is 2.22. The van der Waals surface area contributed by atoms with Crippen LogP contribution in [-0.2, 0) is 19.9 Å². The molecule has 0 amide bonds. The number of aliphatic hydroxyl groups is 1. The zero-order valence-electron chi connectivity index (χ0n) is 10.6. The van der Waals surface area contributed by atoms with Gasteiger partial charge in [0.1, 0.15) is 11.8 Å². The minimum atomic E-state index is -0.576. The van der Waals surface area contributed by atoms with E-state index in [0.29, 0.717) is 6.42 Å². The van der Waals surface area contributed by atoms with Crippen LogP contribution >= 0.6 is 15.9 Å². The fraction of sp³-hybridized carbons (Fsp3) is 0.357. The van der Waals surface area contributed by atoms with Crippen LogP contribution in [0.15, 0.2) is 34.8 Å². The summed E-state index contributed by atoms with van der Waals surface area (Å²) in [7, 11) is 1.91. The van der Waals surface area contributed by atoms with Gasteiger partial charge in [-0.2, -0.15) is 5.10 Å². The third-order valence-electron chi connectivity index (χ3n) is 3.05. The summed E-state index contributed by atoms with van der Waals surface area (Å²) in [6, 6.07) is 9.96. The van der Waals surface area contributed by atoms with Crippen molar-refractivity contribution in [3.8, 4) is 0 Å². The molecule has 0 saturated carbocycles. The van der Waals surface area contributed by atoms with E-state index in [0.717, 1.165) is 27.8 Å². The summed E-state index contributed by atoms with van der Waals surface area (Å²) in [4.78, 5) is 0. The van der Waals surface area contributed by atoms with Gasteiger partial charge in [-0.15, -0.1) is 0 Å². The predicted octanol–water partition coefficient (Wildman–Crippen LogP) is 3.02. The van der Waals surface area contributed by atoms with Gasteiger partial charge in [-0.3, -0.25) is 4.68 Å². The first-order valence-corrected chi connectivity index (χ1v) is 6.86. The Morgan fingerprint density at radius 1 is 1.33 bits per heavy atom. The zero-order valence-corrected chi connectivity index (χ0v) is 12.2. The molecule has 0 saturated heterocycles. The van der Waals surface area contributed by atoms with E-state index in [1.807, 2.05) is 42.1 Å². The Kier molecular flexibility index (Phi) is 4.19. The molecule has 0 radical (unpaired) electrons. The normalized spacial score (nSPS) is 12.7. The Morgan fingerprint density at radius 3 is 2.56 bits per heavy atom. The second kappa shape index (κ2) is 5.67. The Morgan fingerprint density at radius 2 is 2.00 bits per heavy atom. The lowest BCUT2D eigenvalue weighted by molar-refractivity contribution is 0.172. The summed E-state index contributed by atoms with van der Waals surface area (Å²) < 4.78 is 2.75. The second-order valence-electron chi connectivity index (χ2n) is 4.33. The number of aromatic nitrogens is 2. The molecule has 3 nitrogen and oxygen atoms in total. The van der Waals surface area contributed by atoms with Crippen LogP contribution in [-0.4, -0.2) is 14.9 Å². The van der Waals surface area contributed by atoms with Gasteiger partial charge in [-0.1, -0.05) is 37.3 Å². The van der Waals surface area contributed by atoms with Crippen molar-refractivity contribution in [2.24, 2.45) is 7.05 Å². The van der Waals surface area contributed by atoms with Gasteiger partial charge in [0, 0.05) is 13.5 Å². The number of aryl methyl sites for hydroxylation is 1. The summed E-state index contributed by atoms with van der Waals surface area (Å²) in [5.74, 6) is 0. The van der Waals surface area contributed by atoms with Crippen LogP contribution in [0.4, 0.5) is 0 Å². The molecule has 0 fully saturated rings. The molecule has 1 aromatic heterocycles. The van der Waals surface area contributed by atoms with Gasteiger partial charge in [-0.05, 0) is 27.9 Å². The number of rotatable bonds is 4. The fourth-order valence-corrected chi connectivity index (χ4v) is 2.97. The van der Waals surface area contributed by atoms with Crippen LogP contribution in [0.25, 0.3) is 0 Å². The molecule has 18 heavy (non-hydrogen) atoms. The first-order chi connectivity index (χ1) is 8.63. The maximum atomic E-state index is 10.3. The molecule has 96 valence electrons. The fourth-order valence-electron chi connectivity index (χ4n) is 2.09. The first kappa shape index (κ1) is 13.3. The van der Waals surface area contributed by atoms with E-state index in [-0.39, 0.29) is 0 Å². The van der Waals surface area contributed by atoms with Crippen molar-refractivity contribution < 1.29 is 5.11 Å². The quantitative estimate of drug-likeness (QED) is 0.943. The molecule has 2 aromatic rings. The standard InChI is InChI=1S/C14H17BrN2O/c1-3-11-13(15)14(16-17(11)2)12(18)9-10-7-5-4-6-8-10/h4-8,12,18H,3,9H2,1-2H3/t12-/m1/s1.